The van der Waals surface area contributed by atoms with E-state index in [1.807, 2.05) is 0 Å². The first-order chi connectivity index (χ1) is 14.4. The van der Waals surface area contributed by atoms with Gasteiger partial charge in [-0.25, -0.2) is 0 Å². The Morgan fingerprint density at radius 2 is 1.67 bits per heavy atom. The van der Waals surface area contributed by atoms with E-state index in [0.717, 1.165) is 0 Å². The number of fused-ring (bicyclic) bond motifs is 1. The van der Waals surface area contributed by atoms with Crippen LogP contribution in [0.5, 0.6) is 5.75 Å². The summed E-state index contributed by atoms with van der Waals surface area (Å²) in [6.07, 6.45) is 1.53. The zero-order chi connectivity index (χ0) is 21.3. The number of benzene rings is 3. The molecule has 4 rings (SSSR count). The third-order valence-electron chi connectivity index (χ3n) is 4.70. The third-order valence-corrected chi connectivity index (χ3v) is 4.70. The molecule has 0 saturated heterocycles. The lowest BCUT2D eigenvalue weighted by atomic mass is 9.97. The molecule has 3 aromatic carbocycles. The van der Waals surface area contributed by atoms with Crippen molar-refractivity contribution in [3.8, 4) is 5.75 Å². The molecule has 7 heteroatoms. The number of amides is 2. The average molecular weight is 399 g/mol. The standard InChI is InChI=1S/C23H17N3O4/c24-22(29)15-4-1-3-13(9-15)21(28)14-7-8-20-18(10-14)19(23(30)26-20)12-25-16-5-2-6-17(27)11-16/h1-12,25,27H,(H2,24,29)(H,26,30). The van der Waals surface area contributed by atoms with Crippen LogP contribution in [0.1, 0.15) is 31.8 Å². The van der Waals surface area contributed by atoms with Gasteiger partial charge in [-0.15, -0.1) is 0 Å². The minimum atomic E-state index is -0.614. The van der Waals surface area contributed by atoms with Crippen molar-refractivity contribution in [3.63, 3.8) is 0 Å². The summed E-state index contributed by atoms with van der Waals surface area (Å²) in [5.74, 6) is -1.11. The van der Waals surface area contributed by atoms with Crippen LogP contribution in [-0.2, 0) is 4.79 Å². The first-order valence-electron chi connectivity index (χ1n) is 9.08. The number of anilines is 2. The summed E-state index contributed by atoms with van der Waals surface area (Å²) in [4.78, 5) is 36.7. The maximum Gasteiger partial charge on any atom is 0.257 e. The highest BCUT2D eigenvalue weighted by Gasteiger charge is 2.25. The number of hydrogen-bond acceptors (Lipinski definition) is 5. The largest absolute Gasteiger partial charge is 0.508 e. The van der Waals surface area contributed by atoms with Crippen molar-refractivity contribution < 1.29 is 19.5 Å². The number of phenolic OH excluding ortho intramolecular Hbond substituents is 1. The number of nitrogens with two attached hydrogens (primary N) is 1. The van der Waals surface area contributed by atoms with Gasteiger partial charge in [-0.2, -0.15) is 0 Å². The van der Waals surface area contributed by atoms with Crippen molar-refractivity contribution in [1.82, 2.24) is 0 Å². The van der Waals surface area contributed by atoms with E-state index in [2.05, 4.69) is 10.6 Å². The van der Waals surface area contributed by atoms with Crippen molar-refractivity contribution in [2.75, 3.05) is 10.6 Å². The fourth-order valence-electron chi connectivity index (χ4n) is 3.20. The molecule has 0 radical (unpaired) electrons. The quantitative estimate of drug-likeness (QED) is 0.388. The van der Waals surface area contributed by atoms with Gasteiger partial charge in [0.2, 0.25) is 5.91 Å². The number of carbonyl (C=O) groups is 3. The Balaban J connectivity index is 1.66. The van der Waals surface area contributed by atoms with Crippen LogP contribution in [0.4, 0.5) is 11.4 Å². The predicted octanol–water partition coefficient (Wildman–Crippen LogP) is 3.13. The van der Waals surface area contributed by atoms with Crippen LogP contribution in [0.25, 0.3) is 5.57 Å². The van der Waals surface area contributed by atoms with Gasteiger partial charge in [-0.1, -0.05) is 18.2 Å². The lowest BCUT2D eigenvalue weighted by molar-refractivity contribution is -0.110. The Hall–Kier alpha value is -4.39. The summed E-state index contributed by atoms with van der Waals surface area (Å²) < 4.78 is 0. The summed E-state index contributed by atoms with van der Waals surface area (Å²) >= 11 is 0. The molecule has 3 aromatic rings. The van der Waals surface area contributed by atoms with Crippen LogP contribution in [0.2, 0.25) is 0 Å². The summed E-state index contributed by atoms with van der Waals surface area (Å²) in [6, 6.07) is 17.6. The van der Waals surface area contributed by atoms with E-state index in [-0.39, 0.29) is 23.0 Å². The molecule has 1 aliphatic heterocycles. The number of primary amides is 1. The second-order valence-electron chi connectivity index (χ2n) is 6.74. The summed E-state index contributed by atoms with van der Waals surface area (Å²) in [5.41, 5.74) is 8.36. The van der Waals surface area contributed by atoms with Gasteiger partial charge >= 0.3 is 0 Å². The molecule has 30 heavy (non-hydrogen) atoms. The van der Waals surface area contributed by atoms with E-state index < -0.39 is 5.91 Å². The maximum atomic E-state index is 12.9. The molecule has 0 spiro atoms. The number of ketones is 1. The number of nitrogens with one attached hydrogen (secondary N) is 2. The van der Waals surface area contributed by atoms with Gasteiger partial charge in [-0.05, 0) is 42.5 Å². The monoisotopic (exact) mass is 399 g/mol. The average Bonchev–Trinajstić information content (AvgIpc) is 3.06. The van der Waals surface area contributed by atoms with Gasteiger partial charge in [0.15, 0.2) is 5.78 Å². The molecule has 0 saturated carbocycles. The fourth-order valence-corrected chi connectivity index (χ4v) is 3.20. The second kappa shape index (κ2) is 7.56. The lowest BCUT2D eigenvalue weighted by Crippen LogP contribution is -2.12. The molecule has 0 unspecified atom stereocenters. The Kier molecular flexibility index (Phi) is 4.77. The molecule has 5 N–H and O–H groups in total. The Morgan fingerprint density at radius 3 is 2.43 bits per heavy atom. The predicted molar refractivity (Wildman–Crippen MR) is 113 cm³/mol. The highest BCUT2D eigenvalue weighted by molar-refractivity contribution is 6.32. The fraction of sp³-hybridized carbons (Fsp3) is 0. The highest BCUT2D eigenvalue weighted by atomic mass is 16.3. The molecule has 0 fully saturated rings. The minimum Gasteiger partial charge on any atom is -0.508 e. The zero-order valence-electron chi connectivity index (χ0n) is 15.7. The molecule has 7 nitrogen and oxygen atoms in total. The van der Waals surface area contributed by atoms with Gasteiger partial charge in [0.05, 0.1) is 5.57 Å². The highest BCUT2D eigenvalue weighted by Crippen LogP contribution is 2.33. The first kappa shape index (κ1) is 18.9. The summed E-state index contributed by atoms with van der Waals surface area (Å²) in [6.45, 7) is 0. The van der Waals surface area contributed by atoms with Crippen LogP contribution in [-0.4, -0.2) is 22.7 Å². The number of rotatable bonds is 5. The summed E-state index contributed by atoms with van der Waals surface area (Å²) in [7, 11) is 0. The van der Waals surface area contributed by atoms with Crippen molar-refractivity contribution >= 4 is 34.5 Å². The van der Waals surface area contributed by atoms with Gasteiger partial charge < -0.3 is 21.5 Å². The Morgan fingerprint density at radius 1 is 0.933 bits per heavy atom. The molecule has 148 valence electrons. The molecule has 0 bridgehead atoms. The van der Waals surface area contributed by atoms with Crippen LogP contribution in [0, 0.1) is 0 Å². The van der Waals surface area contributed by atoms with E-state index in [1.54, 1.807) is 48.5 Å². The maximum absolute atomic E-state index is 12.9. The van der Waals surface area contributed by atoms with Crippen LogP contribution >= 0.6 is 0 Å². The van der Waals surface area contributed by atoms with Crippen molar-refractivity contribution in [2.24, 2.45) is 5.73 Å². The molecule has 2 amide bonds. The van der Waals surface area contributed by atoms with Gasteiger partial charge in [-0.3, -0.25) is 14.4 Å². The van der Waals surface area contributed by atoms with E-state index in [9.17, 15) is 19.5 Å². The lowest BCUT2D eigenvalue weighted by Gasteiger charge is -2.06. The second-order valence-corrected chi connectivity index (χ2v) is 6.74. The minimum absolute atomic E-state index is 0.0979. The smallest absolute Gasteiger partial charge is 0.257 e. The zero-order valence-corrected chi connectivity index (χ0v) is 15.7. The van der Waals surface area contributed by atoms with Gasteiger partial charge in [0, 0.05) is 45.9 Å². The normalized spacial score (nSPS) is 13.6. The van der Waals surface area contributed by atoms with Crippen LogP contribution in [0.15, 0.2) is 72.9 Å². The number of aromatic hydroxyl groups is 1. The Bertz CT molecular complexity index is 1230. The molecule has 1 aliphatic rings. The van der Waals surface area contributed by atoms with Crippen molar-refractivity contribution in [3.05, 3.63) is 95.2 Å². The van der Waals surface area contributed by atoms with Crippen LogP contribution < -0.4 is 16.4 Å². The van der Waals surface area contributed by atoms with Crippen molar-refractivity contribution in [2.45, 2.75) is 0 Å². The van der Waals surface area contributed by atoms with E-state index in [4.69, 9.17) is 5.73 Å². The number of carbonyl (C=O) groups excluding carboxylic acids is 3. The van der Waals surface area contributed by atoms with Crippen LogP contribution in [0.3, 0.4) is 0 Å². The van der Waals surface area contributed by atoms with Gasteiger partial charge in [0.1, 0.15) is 5.75 Å². The molecule has 0 aromatic heterocycles. The Labute approximate surface area is 171 Å². The van der Waals surface area contributed by atoms with Crippen molar-refractivity contribution in [1.29, 1.82) is 0 Å². The van der Waals surface area contributed by atoms with E-state index >= 15 is 0 Å². The number of phenols is 1. The molecule has 1 heterocycles. The van der Waals surface area contributed by atoms with E-state index in [0.29, 0.717) is 33.6 Å². The molecule has 0 aliphatic carbocycles. The third kappa shape index (κ3) is 3.64. The summed E-state index contributed by atoms with van der Waals surface area (Å²) in [5, 5.41) is 15.3. The number of hydrogen-bond donors (Lipinski definition) is 4. The topological polar surface area (TPSA) is 122 Å². The molecule has 0 atom stereocenters. The molecular weight excluding hydrogens is 382 g/mol. The van der Waals surface area contributed by atoms with E-state index in [1.165, 1.54) is 24.4 Å². The molecular formula is C23H17N3O4. The SMILES string of the molecule is NC(=O)c1cccc(C(=O)c2ccc3c(c2)C(=CNc2cccc(O)c2)C(=O)N3)c1. The van der Waals surface area contributed by atoms with Gasteiger partial charge in [0.25, 0.3) is 5.91 Å². The first-order valence-corrected chi connectivity index (χ1v) is 9.08.